The second-order valence-electron chi connectivity index (χ2n) is 14.8. The molecule has 2 aromatic heterocycles. The van der Waals surface area contributed by atoms with Crippen molar-refractivity contribution in [3.63, 3.8) is 0 Å². The van der Waals surface area contributed by atoms with Gasteiger partial charge in [-0.05, 0) is 113 Å². The van der Waals surface area contributed by atoms with Gasteiger partial charge in [0.25, 0.3) is 0 Å². The first kappa shape index (κ1) is 35.1. The summed E-state index contributed by atoms with van der Waals surface area (Å²) in [5.41, 5.74) is 11.5. The smallest absolute Gasteiger partial charge is 0.310 e. The molecule has 6 heteroatoms. The molecule has 0 saturated carbocycles. The van der Waals surface area contributed by atoms with E-state index in [4.69, 9.17) is 6.57 Å². The van der Waals surface area contributed by atoms with Gasteiger partial charge in [0, 0.05) is 32.8 Å². The SMILES string of the molecule is [C-]#[N+]c1cccc(-n2c3ccccc3c3cc(-c4ccccc4C)ccc32)c1-c1cc(C(F)(F)F)ccc1-n1c2ccccc2c2cc(-c3ccccc3C)ccc21. The molecule has 0 aliphatic carbocycles. The highest BCUT2D eigenvalue weighted by molar-refractivity contribution is 6.13. The van der Waals surface area contributed by atoms with Crippen LogP contribution in [0.2, 0.25) is 0 Å². The third kappa shape index (κ3) is 5.50. The number of para-hydroxylation sites is 2. The molecule has 278 valence electrons. The normalized spacial score (nSPS) is 11.9. The molecule has 10 aromatic rings. The van der Waals surface area contributed by atoms with Crippen LogP contribution in [-0.4, -0.2) is 9.13 Å². The van der Waals surface area contributed by atoms with Gasteiger partial charge in [-0.15, -0.1) is 0 Å². The predicted molar refractivity (Wildman–Crippen MR) is 232 cm³/mol. The fourth-order valence-electron chi connectivity index (χ4n) is 8.78. The van der Waals surface area contributed by atoms with E-state index >= 15 is 0 Å². The Hall–Kier alpha value is -7.36. The van der Waals surface area contributed by atoms with Crippen molar-refractivity contribution in [1.82, 2.24) is 9.13 Å². The van der Waals surface area contributed by atoms with E-state index in [1.807, 2.05) is 77.4 Å². The van der Waals surface area contributed by atoms with Gasteiger partial charge in [-0.2, -0.15) is 13.2 Å². The molecule has 0 N–H and O–H groups in total. The summed E-state index contributed by atoms with van der Waals surface area (Å²) in [5, 5.41) is 3.96. The van der Waals surface area contributed by atoms with Crippen LogP contribution in [0.25, 0.3) is 93.2 Å². The number of hydrogen-bond acceptors (Lipinski definition) is 0. The van der Waals surface area contributed by atoms with Gasteiger partial charge in [-0.1, -0.05) is 109 Å². The second-order valence-corrected chi connectivity index (χ2v) is 14.8. The van der Waals surface area contributed by atoms with Crippen molar-refractivity contribution in [3.8, 4) is 44.8 Å². The standard InChI is InChI=1S/C52H34F3N3/c1-32-13-4-6-15-37(32)34-23-26-47-41(29-34)39-17-8-10-20-45(39)57(47)49-28-25-36(52(53,54)55)31-43(49)51-44(56-3)19-12-22-50(51)58-46-21-11-9-18-40(46)42-30-35(24-27-48(42)58)38-16-7-5-14-33(38)2/h4-31H,1-2H3. The highest BCUT2D eigenvalue weighted by Crippen LogP contribution is 2.47. The van der Waals surface area contributed by atoms with Gasteiger partial charge in [-0.25, -0.2) is 4.85 Å². The number of benzene rings is 8. The van der Waals surface area contributed by atoms with E-state index in [0.717, 1.165) is 83.1 Å². The molecule has 2 heterocycles. The quantitative estimate of drug-likeness (QED) is 0.155. The first-order valence-electron chi connectivity index (χ1n) is 19.1. The van der Waals surface area contributed by atoms with Crippen LogP contribution >= 0.6 is 0 Å². The molecule has 0 aliphatic rings. The molecule has 0 spiro atoms. The summed E-state index contributed by atoms with van der Waals surface area (Å²) < 4.78 is 48.6. The van der Waals surface area contributed by atoms with Crippen molar-refractivity contribution in [3.05, 3.63) is 198 Å². The zero-order valence-electron chi connectivity index (χ0n) is 31.6. The molecule has 58 heavy (non-hydrogen) atoms. The number of halogens is 3. The van der Waals surface area contributed by atoms with Gasteiger partial charge in [-0.3, -0.25) is 0 Å². The van der Waals surface area contributed by atoms with Crippen molar-refractivity contribution >= 4 is 49.3 Å². The van der Waals surface area contributed by atoms with Gasteiger partial charge in [0.15, 0.2) is 5.69 Å². The number of aromatic nitrogens is 2. The molecule has 0 aliphatic heterocycles. The lowest BCUT2D eigenvalue weighted by Crippen LogP contribution is -2.08. The van der Waals surface area contributed by atoms with Gasteiger partial charge >= 0.3 is 6.18 Å². The van der Waals surface area contributed by atoms with Crippen LogP contribution < -0.4 is 0 Å². The third-order valence-corrected chi connectivity index (χ3v) is 11.5. The van der Waals surface area contributed by atoms with Gasteiger partial charge in [0.1, 0.15) is 0 Å². The lowest BCUT2D eigenvalue weighted by Gasteiger charge is -2.21. The molecule has 0 saturated heterocycles. The van der Waals surface area contributed by atoms with Crippen LogP contribution in [0, 0.1) is 20.4 Å². The molecule has 0 fully saturated rings. The van der Waals surface area contributed by atoms with Crippen LogP contribution in [0.5, 0.6) is 0 Å². The van der Waals surface area contributed by atoms with Crippen molar-refractivity contribution in [2.24, 2.45) is 0 Å². The summed E-state index contributed by atoms with van der Waals surface area (Å²) in [6.07, 6.45) is -4.62. The maximum Gasteiger partial charge on any atom is 0.416 e. The zero-order chi connectivity index (χ0) is 39.7. The minimum atomic E-state index is -4.62. The third-order valence-electron chi connectivity index (χ3n) is 11.5. The molecular formula is C52H34F3N3. The minimum absolute atomic E-state index is 0.253. The lowest BCUT2D eigenvalue weighted by atomic mass is 9.96. The summed E-state index contributed by atoms with van der Waals surface area (Å²) in [6.45, 7) is 12.6. The van der Waals surface area contributed by atoms with Crippen molar-refractivity contribution in [1.29, 1.82) is 0 Å². The van der Waals surface area contributed by atoms with Crippen molar-refractivity contribution in [2.75, 3.05) is 0 Å². The number of fused-ring (bicyclic) bond motifs is 6. The fraction of sp³-hybridized carbons (Fsp3) is 0.0577. The van der Waals surface area contributed by atoms with Crippen LogP contribution in [-0.2, 0) is 6.18 Å². The molecule has 0 atom stereocenters. The number of hydrogen-bond donors (Lipinski definition) is 0. The Labute approximate surface area is 333 Å². The average Bonchev–Trinajstić information content (AvgIpc) is 3.75. The maximum atomic E-state index is 14.8. The first-order chi connectivity index (χ1) is 28.2. The molecule has 0 radical (unpaired) electrons. The number of rotatable bonds is 5. The molecule has 0 amide bonds. The monoisotopic (exact) mass is 757 g/mol. The Bertz CT molecular complexity index is 3320. The van der Waals surface area contributed by atoms with Gasteiger partial charge < -0.3 is 9.13 Å². The largest absolute Gasteiger partial charge is 0.416 e. The van der Waals surface area contributed by atoms with Gasteiger partial charge in [0.2, 0.25) is 0 Å². The molecule has 3 nitrogen and oxygen atoms in total. The highest BCUT2D eigenvalue weighted by atomic mass is 19.4. The summed E-state index contributed by atoms with van der Waals surface area (Å²) in [5.74, 6) is 0. The van der Waals surface area contributed by atoms with Crippen LogP contribution in [0.4, 0.5) is 18.9 Å². The summed E-state index contributed by atoms with van der Waals surface area (Å²) in [4.78, 5) is 3.98. The second kappa shape index (κ2) is 13.4. The van der Waals surface area contributed by atoms with Crippen LogP contribution in [0.15, 0.2) is 170 Å². The van der Waals surface area contributed by atoms with Crippen molar-refractivity contribution in [2.45, 2.75) is 20.0 Å². The fourth-order valence-corrected chi connectivity index (χ4v) is 8.78. The molecular weight excluding hydrogens is 724 g/mol. The Morgan fingerprint density at radius 2 is 0.948 bits per heavy atom. The predicted octanol–water partition coefficient (Wildman–Crippen LogP) is 15.1. The van der Waals surface area contributed by atoms with E-state index in [0.29, 0.717) is 22.5 Å². The molecule has 10 rings (SSSR count). The van der Waals surface area contributed by atoms with E-state index in [1.54, 1.807) is 12.1 Å². The highest BCUT2D eigenvalue weighted by Gasteiger charge is 2.33. The number of aryl methyl sites for hydroxylation is 2. The minimum Gasteiger partial charge on any atom is -0.310 e. The van der Waals surface area contributed by atoms with Crippen LogP contribution in [0.3, 0.4) is 0 Å². The van der Waals surface area contributed by atoms with Gasteiger partial charge in [0.05, 0.1) is 39.9 Å². The summed E-state index contributed by atoms with van der Waals surface area (Å²) in [7, 11) is 0. The molecule has 0 unspecified atom stereocenters. The molecule has 0 bridgehead atoms. The Kier molecular flexibility index (Phi) is 8.10. The molecule has 8 aromatic carbocycles. The first-order valence-corrected chi connectivity index (χ1v) is 19.1. The number of alkyl halides is 3. The van der Waals surface area contributed by atoms with Crippen LogP contribution in [0.1, 0.15) is 16.7 Å². The van der Waals surface area contributed by atoms with E-state index in [-0.39, 0.29) is 5.69 Å². The van der Waals surface area contributed by atoms with E-state index < -0.39 is 11.7 Å². The maximum absolute atomic E-state index is 14.8. The Morgan fingerprint density at radius 3 is 1.48 bits per heavy atom. The Balaban J connectivity index is 1.28. The summed E-state index contributed by atoms with van der Waals surface area (Å²) in [6, 6.07) is 54.6. The number of nitrogens with zero attached hydrogens (tertiary/aromatic N) is 3. The van der Waals surface area contributed by atoms with E-state index in [9.17, 15) is 13.2 Å². The zero-order valence-corrected chi connectivity index (χ0v) is 31.6. The topological polar surface area (TPSA) is 14.2 Å². The summed E-state index contributed by atoms with van der Waals surface area (Å²) >= 11 is 0. The van der Waals surface area contributed by atoms with Crippen molar-refractivity contribution < 1.29 is 13.2 Å². The lowest BCUT2D eigenvalue weighted by molar-refractivity contribution is -0.137. The van der Waals surface area contributed by atoms with E-state index in [1.165, 1.54) is 6.07 Å². The van der Waals surface area contributed by atoms with E-state index in [2.05, 4.69) is 96.1 Å². The Morgan fingerprint density at radius 1 is 0.448 bits per heavy atom. The average molecular weight is 758 g/mol.